The highest BCUT2D eigenvalue weighted by Crippen LogP contribution is 2.35. The standard InChI is InChI=1S/C18H24F2N2O3/c1-2-24-11-14-8-18(19,20)13-22(14)15-9-21(10-15)17(23)12-25-16-6-4-3-5-7-16/h3-7,14-15H,2,8-13H2,1H3/t14-/m0/s1. The number of hydrogen-bond donors (Lipinski definition) is 0. The van der Waals surface area contributed by atoms with Crippen LogP contribution in [0.25, 0.3) is 0 Å². The van der Waals surface area contributed by atoms with Crippen molar-refractivity contribution in [1.82, 2.24) is 9.80 Å². The second-order valence-electron chi connectivity index (χ2n) is 6.60. The fraction of sp³-hybridized carbons (Fsp3) is 0.611. The molecule has 0 unspecified atom stereocenters. The van der Waals surface area contributed by atoms with Crippen molar-refractivity contribution in [3.8, 4) is 5.75 Å². The van der Waals surface area contributed by atoms with Crippen LogP contribution >= 0.6 is 0 Å². The summed E-state index contributed by atoms with van der Waals surface area (Å²) >= 11 is 0. The first-order chi connectivity index (χ1) is 12.0. The van der Waals surface area contributed by atoms with Crippen LogP contribution in [0.2, 0.25) is 0 Å². The maximum absolute atomic E-state index is 13.8. The summed E-state index contributed by atoms with van der Waals surface area (Å²) in [5.74, 6) is -2.15. The number of halogens is 2. The zero-order valence-corrected chi connectivity index (χ0v) is 14.4. The van der Waals surface area contributed by atoms with Gasteiger partial charge >= 0.3 is 0 Å². The van der Waals surface area contributed by atoms with E-state index in [9.17, 15) is 13.6 Å². The van der Waals surface area contributed by atoms with E-state index in [0.717, 1.165) is 0 Å². The van der Waals surface area contributed by atoms with Crippen LogP contribution in [-0.4, -0.2) is 73.2 Å². The average molecular weight is 354 g/mol. The predicted molar refractivity (Wildman–Crippen MR) is 88.9 cm³/mol. The van der Waals surface area contributed by atoms with Crippen molar-refractivity contribution < 1.29 is 23.0 Å². The third kappa shape index (κ3) is 4.46. The summed E-state index contributed by atoms with van der Waals surface area (Å²) in [5.41, 5.74) is 0. The van der Waals surface area contributed by atoms with Gasteiger partial charge in [0.2, 0.25) is 0 Å². The van der Waals surface area contributed by atoms with Gasteiger partial charge in [0.25, 0.3) is 11.8 Å². The van der Waals surface area contributed by atoms with Gasteiger partial charge in [0.15, 0.2) is 6.61 Å². The Morgan fingerprint density at radius 2 is 2.00 bits per heavy atom. The Morgan fingerprint density at radius 3 is 2.68 bits per heavy atom. The second kappa shape index (κ2) is 7.66. The highest BCUT2D eigenvalue weighted by atomic mass is 19.3. The van der Waals surface area contributed by atoms with Gasteiger partial charge in [-0.2, -0.15) is 0 Å². The second-order valence-corrected chi connectivity index (χ2v) is 6.60. The van der Waals surface area contributed by atoms with E-state index in [1.54, 1.807) is 21.9 Å². The molecule has 3 rings (SSSR count). The van der Waals surface area contributed by atoms with Crippen LogP contribution in [0.3, 0.4) is 0 Å². The molecule has 1 aromatic carbocycles. The number of carbonyl (C=O) groups excluding carboxylic acids is 1. The van der Waals surface area contributed by atoms with Crippen LogP contribution in [0.4, 0.5) is 8.78 Å². The molecule has 2 aliphatic heterocycles. The Morgan fingerprint density at radius 1 is 1.28 bits per heavy atom. The van der Waals surface area contributed by atoms with Crippen molar-refractivity contribution in [2.75, 3.05) is 39.5 Å². The number of likely N-dealkylation sites (tertiary alicyclic amines) is 2. The maximum Gasteiger partial charge on any atom is 0.262 e. The number of nitrogens with zero attached hydrogens (tertiary/aromatic N) is 2. The average Bonchev–Trinajstić information content (AvgIpc) is 2.85. The van der Waals surface area contributed by atoms with E-state index in [-0.39, 0.29) is 37.6 Å². The van der Waals surface area contributed by atoms with Crippen LogP contribution in [-0.2, 0) is 9.53 Å². The number of ether oxygens (including phenoxy) is 2. The van der Waals surface area contributed by atoms with Crippen molar-refractivity contribution in [1.29, 1.82) is 0 Å². The van der Waals surface area contributed by atoms with Crippen molar-refractivity contribution in [3.63, 3.8) is 0 Å². The Hall–Kier alpha value is -1.73. The normalized spacial score (nSPS) is 23.5. The highest BCUT2D eigenvalue weighted by molar-refractivity contribution is 5.78. The first-order valence-corrected chi connectivity index (χ1v) is 8.65. The molecule has 5 nitrogen and oxygen atoms in total. The summed E-state index contributed by atoms with van der Waals surface area (Å²) in [6.07, 6.45) is -0.172. The first kappa shape index (κ1) is 18.1. The number of benzene rings is 1. The number of hydrogen-bond acceptors (Lipinski definition) is 4. The van der Waals surface area contributed by atoms with E-state index in [2.05, 4.69) is 0 Å². The van der Waals surface area contributed by atoms with Crippen molar-refractivity contribution in [3.05, 3.63) is 30.3 Å². The maximum atomic E-state index is 13.8. The van der Waals surface area contributed by atoms with E-state index in [1.165, 1.54) is 0 Å². The molecule has 0 radical (unpaired) electrons. The molecule has 25 heavy (non-hydrogen) atoms. The zero-order chi connectivity index (χ0) is 17.9. The minimum absolute atomic E-state index is 0.0282. The molecule has 0 N–H and O–H groups in total. The van der Waals surface area contributed by atoms with E-state index in [1.807, 2.05) is 25.1 Å². The van der Waals surface area contributed by atoms with Crippen LogP contribution in [0.15, 0.2) is 30.3 Å². The van der Waals surface area contributed by atoms with Gasteiger partial charge in [-0.05, 0) is 19.1 Å². The summed E-state index contributed by atoms with van der Waals surface area (Å²) in [5, 5.41) is 0. The Bertz CT molecular complexity index is 579. The summed E-state index contributed by atoms with van der Waals surface area (Å²) in [7, 11) is 0. The smallest absolute Gasteiger partial charge is 0.262 e. The summed E-state index contributed by atoms with van der Waals surface area (Å²) in [6.45, 7) is 3.34. The van der Waals surface area contributed by atoms with Gasteiger partial charge in [-0.3, -0.25) is 9.69 Å². The van der Waals surface area contributed by atoms with Crippen LogP contribution in [0, 0.1) is 0 Å². The molecule has 7 heteroatoms. The molecule has 1 amide bonds. The summed E-state index contributed by atoms with van der Waals surface area (Å²) < 4.78 is 38.3. The van der Waals surface area contributed by atoms with Gasteiger partial charge in [0.1, 0.15) is 5.75 Å². The van der Waals surface area contributed by atoms with E-state index >= 15 is 0 Å². The quantitative estimate of drug-likeness (QED) is 0.751. The molecule has 2 fully saturated rings. The number of para-hydroxylation sites is 1. The Balaban J connectivity index is 1.46. The Kier molecular flexibility index (Phi) is 5.54. The number of amides is 1. The van der Waals surface area contributed by atoms with Gasteiger partial charge < -0.3 is 14.4 Å². The molecule has 2 heterocycles. The molecule has 1 atom stereocenters. The van der Waals surface area contributed by atoms with Crippen molar-refractivity contribution in [2.45, 2.75) is 31.4 Å². The van der Waals surface area contributed by atoms with Crippen LogP contribution < -0.4 is 4.74 Å². The number of carbonyl (C=O) groups is 1. The van der Waals surface area contributed by atoms with Crippen molar-refractivity contribution in [2.24, 2.45) is 0 Å². The lowest BCUT2D eigenvalue weighted by Crippen LogP contribution is -2.63. The third-order valence-corrected chi connectivity index (χ3v) is 4.72. The van der Waals surface area contributed by atoms with Gasteiger partial charge in [-0.1, -0.05) is 18.2 Å². The highest BCUT2D eigenvalue weighted by Gasteiger charge is 2.50. The molecule has 138 valence electrons. The lowest BCUT2D eigenvalue weighted by atomic mass is 10.1. The molecule has 0 aliphatic carbocycles. The minimum Gasteiger partial charge on any atom is -0.484 e. The fourth-order valence-electron chi connectivity index (χ4n) is 3.38. The first-order valence-electron chi connectivity index (χ1n) is 8.65. The molecule has 1 aromatic rings. The SMILES string of the molecule is CCOC[C@@H]1CC(F)(F)CN1C1CN(C(=O)COc2ccccc2)C1. The Labute approximate surface area is 146 Å². The number of alkyl halides is 2. The predicted octanol–water partition coefficient (Wildman–Crippen LogP) is 2.02. The topological polar surface area (TPSA) is 42.0 Å². The lowest BCUT2D eigenvalue weighted by Gasteiger charge is -2.45. The molecular weight excluding hydrogens is 330 g/mol. The molecule has 0 spiro atoms. The minimum atomic E-state index is -2.68. The van der Waals surface area contributed by atoms with E-state index in [4.69, 9.17) is 9.47 Å². The molecular formula is C18H24F2N2O3. The zero-order valence-electron chi connectivity index (χ0n) is 14.4. The molecule has 2 saturated heterocycles. The van der Waals surface area contributed by atoms with Gasteiger partial charge in [0.05, 0.1) is 13.2 Å². The fourth-order valence-corrected chi connectivity index (χ4v) is 3.38. The lowest BCUT2D eigenvalue weighted by molar-refractivity contribution is -0.141. The molecule has 2 aliphatic rings. The molecule has 0 bridgehead atoms. The monoisotopic (exact) mass is 354 g/mol. The van der Waals surface area contributed by atoms with Gasteiger partial charge in [-0.25, -0.2) is 8.78 Å². The van der Waals surface area contributed by atoms with Crippen LogP contribution in [0.5, 0.6) is 5.75 Å². The van der Waals surface area contributed by atoms with E-state index < -0.39 is 5.92 Å². The van der Waals surface area contributed by atoms with Crippen LogP contribution in [0.1, 0.15) is 13.3 Å². The summed E-state index contributed by atoms with van der Waals surface area (Å²) in [6, 6.07) is 8.82. The van der Waals surface area contributed by atoms with Gasteiger partial charge in [-0.15, -0.1) is 0 Å². The van der Waals surface area contributed by atoms with Crippen molar-refractivity contribution >= 4 is 5.91 Å². The molecule has 0 aromatic heterocycles. The molecule has 0 saturated carbocycles. The third-order valence-electron chi connectivity index (χ3n) is 4.72. The summed E-state index contributed by atoms with van der Waals surface area (Å²) in [4.78, 5) is 15.6. The number of rotatable bonds is 7. The van der Waals surface area contributed by atoms with E-state index in [0.29, 0.717) is 32.1 Å². The largest absolute Gasteiger partial charge is 0.484 e. The van der Waals surface area contributed by atoms with Gasteiger partial charge in [0, 0.05) is 38.2 Å².